The Morgan fingerprint density at radius 2 is 2.00 bits per heavy atom. The van der Waals surface area contributed by atoms with E-state index in [1.165, 1.54) is 14.2 Å². The van der Waals surface area contributed by atoms with Gasteiger partial charge in [-0.25, -0.2) is 9.79 Å². The highest BCUT2D eigenvalue weighted by Gasteiger charge is 2.38. The molecule has 0 bridgehead atoms. The Morgan fingerprint density at radius 1 is 1.30 bits per heavy atom. The van der Waals surface area contributed by atoms with Gasteiger partial charge in [-0.2, -0.15) is 0 Å². The van der Waals surface area contributed by atoms with Gasteiger partial charge in [-0.05, 0) is 13.0 Å². The highest BCUT2D eigenvalue weighted by atomic mass is 16.5. The molecule has 2 amide bonds. The van der Waals surface area contributed by atoms with Gasteiger partial charge in [-0.1, -0.05) is 18.2 Å². The van der Waals surface area contributed by atoms with Crippen molar-refractivity contribution in [1.82, 2.24) is 5.32 Å². The number of carbonyl (C=O) groups is 2. The summed E-state index contributed by atoms with van der Waals surface area (Å²) in [6.45, 7) is 1.64. The summed E-state index contributed by atoms with van der Waals surface area (Å²) in [4.78, 5) is 27.4. The van der Waals surface area contributed by atoms with E-state index in [-0.39, 0.29) is 0 Å². The summed E-state index contributed by atoms with van der Waals surface area (Å²) in [7, 11) is 2.85. The molecule has 1 N–H and O–H groups in total. The first-order valence-corrected chi connectivity index (χ1v) is 6.15. The highest BCUT2D eigenvalue weighted by molar-refractivity contribution is 6.08. The van der Waals surface area contributed by atoms with Crippen molar-refractivity contribution in [3.8, 4) is 5.75 Å². The Balaban J connectivity index is 2.49. The molecule has 20 heavy (non-hydrogen) atoms. The van der Waals surface area contributed by atoms with Gasteiger partial charge in [0.15, 0.2) is 0 Å². The van der Waals surface area contributed by atoms with Crippen LogP contribution in [-0.2, 0) is 9.53 Å². The van der Waals surface area contributed by atoms with Gasteiger partial charge in [0.2, 0.25) is 0 Å². The fourth-order valence-electron chi connectivity index (χ4n) is 2.33. The third-order valence-corrected chi connectivity index (χ3v) is 3.27. The monoisotopic (exact) mass is 276 g/mol. The lowest BCUT2D eigenvalue weighted by atomic mass is 9.88. The quantitative estimate of drug-likeness (QED) is 0.853. The van der Waals surface area contributed by atoms with Gasteiger partial charge in [0.1, 0.15) is 11.7 Å². The van der Waals surface area contributed by atoms with Crippen LogP contribution in [0.15, 0.2) is 29.3 Å². The standard InChI is InChI=1S/C14H16N2O4/c1-8-11(13(17)20-3)12(16-14(18)15-8)9-6-4-5-7-10(9)19-2/h4-7,11-12H,1-3H3,(H,16,18). The third kappa shape index (κ3) is 2.49. The maximum atomic E-state index is 12.0. The molecule has 2 atom stereocenters. The van der Waals surface area contributed by atoms with Gasteiger partial charge in [-0.15, -0.1) is 0 Å². The van der Waals surface area contributed by atoms with Crippen LogP contribution >= 0.6 is 0 Å². The Hall–Kier alpha value is -2.37. The van der Waals surface area contributed by atoms with Crippen LogP contribution in [0.4, 0.5) is 4.79 Å². The molecular formula is C14H16N2O4. The number of nitrogens with zero attached hydrogens (tertiary/aromatic N) is 1. The number of nitrogens with one attached hydrogen (secondary N) is 1. The van der Waals surface area contributed by atoms with Gasteiger partial charge in [0.25, 0.3) is 0 Å². The number of aliphatic imine (C=N–C) groups is 1. The minimum atomic E-state index is -0.658. The van der Waals surface area contributed by atoms with Gasteiger partial charge >= 0.3 is 12.0 Å². The van der Waals surface area contributed by atoms with E-state index < -0.39 is 24.0 Å². The minimum absolute atomic E-state index is 0.427. The Bertz CT molecular complexity index is 568. The topological polar surface area (TPSA) is 77.0 Å². The van der Waals surface area contributed by atoms with Crippen LogP contribution in [-0.4, -0.2) is 31.9 Å². The second kappa shape index (κ2) is 5.73. The van der Waals surface area contributed by atoms with Crippen molar-refractivity contribution in [1.29, 1.82) is 0 Å². The van der Waals surface area contributed by atoms with E-state index in [9.17, 15) is 9.59 Å². The summed E-state index contributed by atoms with van der Waals surface area (Å²) < 4.78 is 10.1. The molecule has 0 fully saturated rings. The van der Waals surface area contributed by atoms with E-state index in [0.29, 0.717) is 17.0 Å². The van der Waals surface area contributed by atoms with Gasteiger partial charge in [-0.3, -0.25) is 4.79 Å². The van der Waals surface area contributed by atoms with Crippen LogP contribution in [0, 0.1) is 5.92 Å². The Kier molecular flexibility index (Phi) is 4.02. The van der Waals surface area contributed by atoms with Crippen molar-refractivity contribution in [2.45, 2.75) is 13.0 Å². The third-order valence-electron chi connectivity index (χ3n) is 3.27. The van der Waals surface area contributed by atoms with Crippen LogP contribution < -0.4 is 10.1 Å². The van der Waals surface area contributed by atoms with Crippen LogP contribution in [0.25, 0.3) is 0 Å². The summed E-state index contributed by atoms with van der Waals surface area (Å²) in [6, 6.07) is 6.19. The largest absolute Gasteiger partial charge is 0.496 e. The first kappa shape index (κ1) is 14.0. The average molecular weight is 276 g/mol. The fraction of sp³-hybridized carbons (Fsp3) is 0.357. The second-order valence-corrected chi connectivity index (χ2v) is 4.42. The second-order valence-electron chi connectivity index (χ2n) is 4.42. The van der Waals surface area contributed by atoms with E-state index >= 15 is 0 Å². The molecule has 2 rings (SSSR count). The molecular weight excluding hydrogens is 260 g/mol. The first-order valence-electron chi connectivity index (χ1n) is 6.15. The summed E-state index contributed by atoms with van der Waals surface area (Å²) in [6.07, 6.45) is 0. The SMILES string of the molecule is COC(=O)C1C(C)=NC(=O)NC1c1ccccc1OC. The van der Waals surface area contributed by atoms with Crippen molar-refractivity contribution in [3.63, 3.8) is 0 Å². The molecule has 106 valence electrons. The smallest absolute Gasteiger partial charge is 0.341 e. The molecule has 0 aromatic heterocycles. The number of esters is 1. The maximum absolute atomic E-state index is 12.0. The van der Waals surface area contributed by atoms with E-state index in [2.05, 4.69) is 10.3 Å². The minimum Gasteiger partial charge on any atom is -0.496 e. The Labute approximate surface area is 116 Å². The summed E-state index contributed by atoms with van der Waals surface area (Å²) >= 11 is 0. The molecule has 6 nitrogen and oxygen atoms in total. The lowest BCUT2D eigenvalue weighted by Gasteiger charge is -2.30. The Morgan fingerprint density at radius 3 is 2.65 bits per heavy atom. The number of urea groups is 1. The lowest BCUT2D eigenvalue weighted by Crippen LogP contribution is -2.44. The molecule has 1 aliphatic heterocycles. The van der Waals surface area contributed by atoms with Crippen LogP contribution in [0.3, 0.4) is 0 Å². The molecule has 0 saturated heterocycles. The number of methoxy groups -OCH3 is 2. The zero-order chi connectivity index (χ0) is 14.7. The molecule has 2 unspecified atom stereocenters. The molecule has 0 aliphatic carbocycles. The van der Waals surface area contributed by atoms with E-state index in [1.54, 1.807) is 19.1 Å². The number of hydrogen-bond acceptors (Lipinski definition) is 4. The van der Waals surface area contributed by atoms with Crippen LogP contribution in [0.1, 0.15) is 18.5 Å². The van der Waals surface area contributed by atoms with Gasteiger partial charge < -0.3 is 14.8 Å². The van der Waals surface area contributed by atoms with Crippen molar-refractivity contribution in [3.05, 3.63) is 29.8 Å². The van der Waals surface area contributed by atoms with Crippen molar-refractivity contribution in [2.24, 2.45) is 10.9 Å². The molecule has 1 heterocycles. The maximum Gasteiger partial charge on any atom is 0.341 e. The molecule has 1 aliphatic rings. The zero-order valence-corrected chi connectivity index (χ0v) is 11.5. The molecule has 6 heteroatoms. The predicted molar refractivity (Wildman–Crippen MR) is 72.9 cm³/mol. The number of carbonyl (C=O) groups excluding carboxylic acids is 2. The lowest BCUT2D eigenvalue weighted by molar-refractivity contribution is -0.143. The number of benzene rings is 1. The molecule has 0 saturated carbocycles. The zero-order valence-electron chi connectivity index (χ0n) is 11.5. The molecule has 1 aromatic rings. The average Bonchev–Trinajstić information content (AvgIpc) is 2.45. The van der Waals surface area contributed by atoms with E-state index in [4.69, 9.17) is 9.47 Å². The van der Waals surface area contributed by atoms with E-state index in [0.717, 1.165) is 0 Å². The number of para-hydroxylation sites is 1. The summed E-state index contributed by atoms with van der Waals surface area (Å²) in [5.74, 6) is -0.502. The summed E-state index contributed by atoms with van der Waals surface area (Å²) in [5.41, 5.74) is 1.14. The molecule has 0 radical (unpaired) electrons. The first-order chi connectivity index (χ1) is 9.58. The van der Waals surface area contributed by atoms with Crippen molar-refractivity contribution >= 4 is 17.7 Å². The normalized spacial score (nSPS) is 21.8. The fourth-order valence-corrected chi connectivity index (χ4v) is 2.33. The highest BCUT2D eigenvalue weighted by Crippen LogP contribution is 2.33. The van der Waals surface area contributed by atoms with Gasteiger partial charge in [0.05, 0.1) is 20.3 Å². The van der Waals surface area contributed by atoms with Crippen molar-refractivity contribution in [2.75, 3.05) is 14.2 Å². The summed E-state index contributed by atoms with van der Waals surface area (Å²) in [5, 5.41) is 2.70. The molecule has 0 spiro atoms. The van der Waals surface area contributed by atoms with Crippen LogP contribution in [0.2, 0.25) is 0 Å². The number of rotatable bonds is 3. The van der Waals surface area contributed by atoms with Crippen LogP contribution in [0.5, 0.6) is 5.75 Å². The number of amides is 2. The van der Waals surface area contributed by atoms with E-state index in [1.807, 2.05) is 12.1 Å². The predicted octanol–water partition coefficient (Wildman–Crippen LogP) is 1.71. The number of ether oxygens (including phenoxy) is 2. The van der Waals surface area contributed by atoms with Crippen molar-refractivity contribution < 1.29 is 19.1 Å². The molecule has 1 aromatic carbocycles. The number of hydrogen-bond donors (Lipinski definition) is 1. The van der Waals surface area contributed by atoms with Gasteiger partial charge in [0, 0.05) is 11.3 Å².